The minimum atomic E-state index is -0.0774. The first kappa shape index (κ1) is 13.5. The molecule has 0 saturated carbocycles. The van der Waals surface area contributed by atoms with E-state index in [2.05, 4.69) is 27.3 Å². The van der Waals surface area contributed by atoms with Crippen molar-refractivity contribution in [1.29, 1.82) is 0 Å². The molecule has 3 N–H and O–H groups in total. The van der Waals surface area contributed by atoms with E-state index in [1.54, 1.807) is 19.5 Å². The van der Waals surface area contributed by atoms with E-state index in [0.717, 1.165) is 23.7 Å². The molecular weight excluding hydrogens is 250 g/mol. The Morgan fingerprint density at radius 2 is 2.33 bits per heavy atom. The molecule has 18 heavy (non-hydrogen) atoms. The van der Waals surface area contributed by atoms with Gasteiger partial charge in [-0.1, -0.05) is 0 Å². The maximum absolute atomic E-state index is 5.71. The molecule has 6 nitrogen and oxygen atoms in total. The number of nitrogens with two attached hydrogens (primary N) is 1. The van der Waals surface area contributed by atoms with Gasteiger partial charge in [-0.05, 0) is 7.05 Å². The van der Waals surface area contributed by atoms with E-state index in [9.17, 15) is 0 Å². The molecule has 0 amide bonds. The molecule has 2 heterocycles. The molecule has 1 fully saturated rings. The highest BCUT2D eigenvalue weighted by Gasteiger charge is 2.31. The monoisotopic (exact) mass is 269 g/mol. The van der Waals surface area contributed by atoms with Gasteiger partial charge in [0.05, 0.1) is 13.2 Å². The summed E-state index contributed by atoms with van der Waals surface area (Å²) in [6.07, 6.45) is 3.29. The van der Waals surface area contributed by atoms with Crippen LogP contribution in [-0.2, 0) is 0 Å². The number of thioether (sulfide) groups is 1. The summed E-state index contributed by atoms with van der Waals surface area (Å²) in [4.78, 5) is 10.8. The summed E-state index contributed by atoms with van der Waals surface area (Å²) in [6.45, 7) is 1.05. The van der Waals surface area contributed by atoms with Gasteiger partial charge in [-0.25, -0.2) is 10.4 Å². The number of nitrogens with zero attached hydrogens (tertiary/aromatic N) is 3. The highest BCUT2D eigenvalue weighted by molar-refractivity contribution is 7.99. The SMILES string of the molecule is COc1nccnc1C(NN)C1CSCCN1C. The summed E-state index contributed by atoms with van der Waals surface area (Å²) in [6, 6.07) is 0.214. The highest BCUT2D eigenvalue weighted by atomic mass is 32.2. The fraction of sp³-hybridized carbons (Fsp3) is 0.636. The van der Waals surface area contributed by atoms with Crippen molar-refractivity contribution in [1.82, 2.24) is 20.3 Å². The number of rotatable bonds is 4. The largest absolute Gasteiger partial charge is 0.480 e. The Morgan fingerprint density at radius 3 is 3.00 bits per heavy atom. The van der Waals surface area contributed by atoms with Gasteiger partial charge in [0.15, 0.2) is 0 Å². The van der Waals surface area contributed by atoms with Crippen LogP contribution in [0.1, 0.15) is 11.7 Å². The first-order chi connectivity index (χ1) is 8.77. The molecule has 1 aromatic heterocycles. The van der Waals surface area contributed by atoms with Gasteiger partial charge < -0.3 is 4.74 Å². The van der Waals surface area contributed by atoms with Crippen LogP contribution in [0.25, 0.3) is 0 Å². The van der Waals surface area contributed by atoms with E-state index >= 15 is 0 Å². The van der Waals surface area contributed by atoms with Crippen molar-refractivity contribution >= 4 is 11.8 Å². The van der Waals surface area contributed by atoms with Crippen LogP contribution < -0.4 is 16.0 Å². The molecule has 1 saturated heterocycles. The van der Waals surface area contributed by atoms with E-state index in [4.69, 9.17) is 10.6 Å². The maximum Gasteiger partial charge on any atom is 0.237 e. The topological polar surface area (TPSA) is 76.3 Å². The van der Waals surface area contributed by atoms with E-state index in [1.165, 1.54) is 0 Å². The standard InChI is InChI=1S/C11H19N5OS/c1-16-5-6-18-7-8(16)9(15-12)10-11(17-2)14-4-3-13-10/h3-4,8-9,15H,5-7,12H2,1-2H3. The van der Waals surface area contributed by atoms with Gasteiger partial charge in [0.2, 0.25) is 5.88 Å². The minimum absolute atomic E-state index is 0.0774. The molecule has 0 radical (unpaired) electrons. The average Bonchev–Trinajstić information content (AvgIpc) is 2.42. The molecule has 1 aromatic rings. The van der Waals surface area contributed by atoms with E-state index in [-0.39, 0.29) is 6.04 Å². The minimum Gasteiger partial charge on any atom is -0.480 e. The van der Waals surface area contributed by atoms with E-state index < -0.39 is 0 Å². The van der Waals surface area contributed by atoms with Crippen molar-refractivity contribution < 1.29 is 4.74 Å². The lowest BCUT2D eigenvalue weighted by atomic mass is 10.1. The second-order valence-corrected chi connectivity index (χ2v) is 5.37. The van der Waals surface area contributed by atoms with Gasteiger partial charge in [-0.15, -0.1) is 0 Å². The average molecular weight is 269 g/mol. The number of hydrogen-bond donors (Lipinski definition) is 2. The molecule has 0 bridgehead atoms. The molecule has 100 valence electrons. The molecule has 2 atom stereocenters. The van der Waals surface area contributed by atoms with Crippen LogP contribution in [0.15, 0.2) is 12.4 Å². The zero-order chi connectivity index (χ0) is 13.0. The number of methoxy groups -OCH3 is 1. The Bertz CT molecular complexity index is 391. The summed E-state index contributed by atoms with van der Waals surface area (Å²) >= 11 is 1.93. The van der Waals surface area contributed by atoms with Gasteiger partial charge in [-0.3, -0.25) is 15.7 Å². The number of ether oxygens (including phenoxy) is 1. The predicted octanol–water partition coefficient (Wildman–Crippen LogP) is 0.0368. The molecule has 0 aliphatic carbocycles. The van der Waals surface area contributed by atoms with Crippen molar-refractivity contribution in [2.75, 3.05) is 32.2 Å². The maximum atomic E-state index is 5.71. The van der Waals surface area contributed by atoms with Crippen molar-refractivity contribution in [3.05, 3.63) is 18.1 Å². The smallest absolute Gasteiger partial charge is 0.237 e. The highest BCUT2D eigenvalue weighted by Crippen LogP contribution is 2.28. The second kappa shape index (κ2) is 6.33. The lowest BCUT2D eigenvalue weighted by Gasteiger charge is -2.37. The number of likely N-dealkylation sites (N-methyl/N-ethyl adjacent to an activating group) is 1. The molecule has 1 aliphatic rings. The Morgan fingerprint density at radius 1 is 1.56 bits per heavy atom. The Kier molecular flexibility index (Phi) is 4.76. The number of aromatic nitrogens is 2. The van der Waals surface area contributed by atoms with Crippen LogP contribution in [0.4, 0.5) is 0 Å². The summed E-state index contributed by atoms with van der Waals surface area (Å²) in [7, 11) is 3.71. The molecule has 2 unspecified atom stereocenters. The third-order valence-electron chi connectivity index (χ3n) is 3.19. The normalized spacial score (nSPS) is 22.7. The lowest BCUT2D eigenvalue weighted by Crippen LogP contribution is -2.49. The number of nitrogens with one attached hydrogen (secondary N) is 1. The Labute approximate surface area is 111 Å². The first-order valence-corrected chi connectivity index (χ1v) is 7.02. The molecule has 0 aromatic carbocycles. The van der Waals surface area contributed by atoms with Crippen molar-refractivity contribution in [3.63, 3.8) is 0 Å². The molecule has 0 spiro atoms. The fourth-order valence-corrected chi connectivity index (χ4v) is 3.41. The van der Waals surface area contributed by atoms with Gasteiger partial charge in [0.25, 0.3) is 0 Å². The molecular formula is C11H19N5OS. The van der Waals surface area contributed by atoms with Crippen LogP contribution in [0, 0.1) is 0 Å². The first-order valence-electron chi connectivity index (χ1n) is 5.87. The van der Waals surface area contributed by atoms with Crippen molar-refractivity contribution in [3.8, 4) is 5.88 Å². The summed E-state index contributed by atoms with van der Waals surface area (Å²) in [5.74, 6) is 8.42. The molecule has 1 aliphatic heterocycles. The van der Waals surface area contributed by atoms with Gasteiger partial charge >= 0.3 is 0 Å². The third-order valence-corrected chi connectivity index (χ3v) is 4.24. The quantitative estimate of drug-likeness (QED) is 0.590. The number of hydrogen-bond acceptors (Lipinski definition) is 7. The Balaban J connectivity index is 2.26. The zero-order valence-corrected chi connectivity index (χ0v) is 11.5. The van der Waals surface area contributed by atoms with Crippen LogP contribution in [0.2, 0.25) is 0 Å². The molecule has 2 rings (SSSR count). The van der Waals surface area contributed by atoms with E-state index in [1.807, 2.05) is 11.8 Å². The van der Waals surface area contributed by atoms with Gasteiger partial charge in [-0.2, -0.15) is 11.8 Å². The zero-order valence-electron chi connectivity index (χ0n) is 10.7. The summed E-state index contributed by atoms with van der Waals surface area (Å²) in [5, 5.41) is 0. The lowest BCUT2D eigenvalue weighted by molar-refractivity contribution is 0.210. The van der Waals surface area contributed by atoms with Crippen LogP contribution in [0.5, 0.6) is 5.88 Å². The third kappa shape index (κ3) is 2.74. The van der Waals surface area contributed by atoms with Gasteiger partial charge in [0.1, 0.15) is 5.69 Å². The summed E-state index contributed by atoms with van der Waals surface area (Å²) < 4.78 is 5.26. The van der Waals surface area contributed by atoms with Crippen molar-refractivity contribution in [2.24, 2.45) is 5.84 Å². The molecule has 7 heteroatoms. The predicted molar refractivity (Wildman–Crippen MR) is 72.4 cm³/mol. The fourth-order valence-electron chi connectivity index (χ4n) is 2.14. The second-order valence-electron chi connectivity index (χ2n) is 4.22. The number of hydrazine groups is 1. The van der Waals surface area contributed by atoms with Crippen LogP contribution >= 0.6 is 11.8 Å². The van der Waals surface area contributed by atoms with Crippen LogP contribution in [-0.4, -0.2) is 53.1 Å². The van der Waals surface area contributed by atoms with Crippen molar-refractivity contribution in [2.45, 2.75) is 12.1 Å². The summed E-state index contributed by atoms with van der Waals surface area (Å²) in [5.41, 5.74) is 3.62. The Hall–Kier alpha value is -0.890. The van der Waals surface area contributed by atoms with E-state index in [0.29, 0.717) is 11.9 Å². The van der Waals surface area contributed by atoms with Gasteiger partial charge in [0, 0.05) is 36.5 Å². The van der Waals surface area contributed by atoms with Crippen LogP contribution in [0.3, 0.4) is 0 Å².